The van der Waals surface area contributed by atoms with Gasteiger partial charge in [0.15, 0.2) is 12.4 Å². The van der Waals surface area contributed by atoms with Crippen LogP contribution in [0.1, 0.15) is 36.5 Å². The Kier molecular flexibility index (Phi) is 3.01. The molecule has 2 unspecified atom stereocenters. The number of hydrogen-bond donors (Lipinski definition) is 1. The molecule has 1 heterocycles. The monoisotopic (exact) mass is 259 g/mol. The van der Waals surface area contributed by atoms with E-state index in [9.17, 15) is 9.59 Å². The minimum Gasteiger partial charge on any atom is -0.482 e. The van der Waals surface area contributed by atoms with Gasteiger partial charge in [0.05, 0.1) is 5.69 Å². The third-order valence-electron chi connectivity index (χ3n) is 4.10. The van der Waals surface area contributed by atoms with Crippen molar-refractivity contribution in [2.75, 3.05) is 11.9 Å². The molecule has 100 valence electrons. The molecule has 1 aromatic carbocycles. The molecule has 1 aliphatic carbocycles. The number of benzene rings is 1. The van der Waals surface area contributed by atoms with Crippen LogP contribution in [-0.4, -0.2) is 18.3 Å². The van der Waals surface area contributed by atoms with E-state index in [1.54, 1.807) is 18.2 Å². The summed E-state index contributed by atoms with van der Waals surface area (Å²) in [6.45, 7) is 2.18. The van der Waals surface area contributed by atoms with Crippen molar-refractivity contribution < 1.29 is 14.3 Å². The number of rotatable bonds is 2. The van der Waals surface area contributed by atoms with Crippen LogP contribution in [0.2, 0.25) is 0 Å². The molecule has 0 saturated heterocycles. The standard InChI is InChI=1S/C15H17NO3/c1-9-3-2-4-11(9)15(18)10-5-6-13-12(7-10)16-14(17)8-19-13/h5-7,9,11H,2-4,8H2,1H3,(H,16,17). The third-order valence-corrected chi connectivity index (χ3v) is 4.10. The summed E-state index contributed by atoms with van der Waals surface area (Å²) in [6.07, 6.45) is 3.23. The normalized spacial score (nSPS) is 25.4. The summed E-state index contributed by atoms with van der Waals surface area (Å²) in [5, 5.41) is 2.74. The number of Topliss-reactive ketones (excluding diaryl/α,β-unsaturated/α-hetero) is 1. The molecule has 4 nitrogen and oxygen atoms in total. The molecule has 2 aliphatic rings. The molecular weight excluding hydrogens is 242 g/mol. The van der Waals surface area contributed by atoms with Crippen LogP contribution in [0, 0.1) is 11.8 Å². The highest BCUT2D eigenvalue weighted by molar-refractivity contribution is 6.01. The number of hydrogen-bond acceptors (Lipinski definition) is 3. The van der Waals surface area contributed by atoms with E-state index < -0.39 is 0 Å². The first-order valence-electron chi connectivity index (χ1n) is 6.76. The zero-order valence-electron chi connectivity index (χ0n) is 10.9. The van der Waals surface area contributed by atoms with Crippen LogP contribution in [0.4, 0.5) is 5.69 Å². The fraction of sp³-hybridized carbons (Fsp3) is 0.467. The molecule has 2 atom stereocenters. The van der Waals surface area contributed by atoms with E-state index in [1.165, 1.54) is 0 Å². The summed E-state index contributed by atoms with van der Waals surface area (Å²) < 4.78 is 5.29. The lowest BCUT2D eigenvalue weighted by atomic mass is 9.89. The largest absolute Gasteiger partial charge is 0.482 e. The molecule has 1 N–H and O–H groups in total. The average Bonchev–Trinajstić information content (AvgIpc) is 2.83. The van der Waals surface area contributed by atoms with Crippen LogP contribution in [0.25, 0.3) is 0 Å². The lowest BCUT2D eigenvalue weighted by Crippen LogP contribution is -2.26. The Bertz CT molecular complexity index is 538. The Labute approximate surface area is 112 Å². The number of ketones is 1. The van der Waals surface area contributed by atoms with Crippen molar-refractivity contribution in [1.82, 2.24) is 0 Å². The van der Waals surface area contributed by atoms with Gasteiger partial charge in [-0.3, -0.25) is 9.59 Å². The number of fused-ring (bicyclic) bond motifs is 1. The average molecular weight is 259 g/mol. The molecule has 3 rings (SSSR count). The van der Waals surface area contributed by atoms with E-state index >= 15 is 0 Å². The molecule has 0 aromatic heterocycles. The number of amides is 1. The Balaban J connectivity index is 1.87. The van der Waals surface area contributed by atoms with Gasteiger partial charge >= 0.3 is 0 Å². The van der Waals surface area contributed by atoms with Crippen LogP contribution in [0.5, 0.6) is 5.75 Å². The van der Waals surface area contributed by atoms with Gasteiger partial charge in [-0.05, 0) is 37.0 Å². The first-order valence-corrected chi connectivity index (χ1v) is 6.76. The van der Waals surface area contributed by atoms with Crippen molar-refractivity contribution in [3.63, 3.8) is 0 Å². The van der Waals surface area contributed by atoms with Crippen molar-refractivity contribution in [2.45, 2.75) is 26.2 Å². The molecule has 0 spiro atoms. The van der Waals surface area contributed by atoms with Gasteiger partial charge in [0.25, 0.3) is 5.91 Å². The van der Waals surface area contributed by atoms with Gasteiger partial charge in [0.1, 0.15) is 5.75 Å². The van der Waals surface area contributed by atoms with Gasteiger partial charge < -0.3 is 10.1 Å². The summed E-state index contributed by atoms with van der Waals surface area (Å²) in [5.74, 6) is 1.22. The van der Waals surface area contributed by atoms with Crippen molar-refractivity contribution in [3.8, 4) is 5.75 Å². The van der Waals surface area contributed by atoms with Crippen LogP contribution >= 0.6 is 0 Å². The zero-order chi connectivity index (χ0) is 13.4. The van der Waals surface area contributed by atoms with Gasteiger partial charge in [-0.1, -0.05) is 13.3 Å². The first kappa shape index (κ1) is 12.2. The molecule has 1 saturated carbocycles. The maximum Gasteiger partial charge on any atom is 0.262 e. The fourth-order valence-electron chi connectivity index (χ4n) is 2.99. The first-order chi connectivity index (χ1) is 9.15. The summed E-state index contributed by atoms with van der Waals surface area (Å²) in [7, 11) is 0. The zero-order valence-corrected chi connectivity index (χ0v) is 10.9. The van der Waals surface area contributed by atoms with Crippen LogP contribution < -0.4 is 10.1 Å². The van der Waals surface area contributed by atoms with Crippen LogP contribution in [0.15, 0.2) is 18.2 Å². The van der Waals surface area contributed by atoms with Crippen LogP contribution in [-0.2, 0) is 4.79 Å². The fourth-order valence-corrected chi connectivity index (χ4v) is 2.99. The molecule has 1 aromatic rings. The van der Waals surface area contributed by atoms with Gasteiger partial charge in [0, 0.05) is 11.5 Å². The Hall–Kier alpha value is -1.84. The molecule has 19 heavy (non-hydrogen) atoms. The molecule has 4 heteroatoms. The Morgan fingerprint density at radius 2 is 2.21 bits per heavy atom. The third kappa shape index (κ3) is 2.23. The van der Waals surface area contributed by atoms with Crippen molar-refractivity contribution in [1.29, 1.82) is 0 Å². The van der Waals surface area contributed by atoms with E-state index in [4.69, 9.17) is 4.74 Å². The van der Waals surface area contributed by atoms with E-state index in [2.05, 4.69) is 12.2 Å². The van der Waals surface area contributed by atoms with Crippen molar-refractivity contribution >= 4 is 17.4 Å². The van der Waals surface area contributed by atoms with Gasteiger partial charge in [-0.15, -0.1) is 0 Å². The molecule has 0 bridgehead atoms. The van der Waals surface area contributed by atoms with Crippen LogP contribution in [0.3, 0.4) is 0 Å². The summed E-state index contributed by atoms with van der Waals surface area (Å²) in [4.78, 5) is 23.8. The van der Waals surface area contributed by atoms with E-state index in [0.29, 0.717) is 22.9 Å². The van der Waals surface area contributed by atoms with Gasteiger partial charge in [-0.25, -0.2) is 0 Å². The lowest BCUT2D eigenvalue weighted by molar-refractivity contribution is -0.118. The van der Waals surface area contributed by atoms with Crippen molar-refractivity contribution in [3.05, 3.63) is 23.8 Å². The predicted molar refractivity (Wildman–Crippen MR) is 71.4 cm³/mol. The maximum absolute atomic E-state index is 12.5. The molecule has 1 fully saturated rings. The quantitative estimate of drug-likeness (QED) is 0.831. The SMILES string of the molecule is CC1CCCC1C(=O)c1ccc2c(c1)NC(=O)CO2. The number of carbonyl (C=O) groups excluding carboxylic acids is 2. The number of carbonyl (C=O) groups is 2. The predicted octanol–water partition coefficient (Wildman–Crippen LogP) is 2.64. The van der Waals surface area contributed by atoms with E-state index in [0.717, 1.165) is 19.3 Å². The molecular formula is C15H17NO3. The van der Waals surface area contributed by atoms with Gasteiger partial charge in [0.2, 0.25) is 0 Å². The van der Waals surface area contributed by atoms with Gasteiger partial charge in [-0.2, -0.15) is 0 Å². The molecule has 1 amide bonds. The maximum atomic E-state index is 12.5. The number of nitrogens with one attached hydrogen (secondary N) is 1. The second-order valence-corrected chi connectivity index (χ2v) is 5.43. The smallest absolute Gasteiger partial charge is 0.262 e. The number of ether oxygens (including phenoxy) is 1. The second-order valence-electron chi connectivity index (χ2n) is 5.43. The Morgan fingerprint density at radius 1 is 1.37 bits per heavy atom. The topological polar surface area (TPSA) is 55.4 Å². The highest BCUT2D eigenvalue weighted by atomic mass is 16.5. The second kappa shape index (κ2) is 4.68. The van der Waals surface area contributed by atoms with E-state index in [-0.39, 0.29) is 24.2 Å². The summed E-state index contributed by atoms with van der Waals surface area (Å²) in [5.41, 5.74) is 1.27. The molecule has 0 radical (unpaired) electrons. The highest BCUT2D eigenvalue weighted by Crippen LogP contribution is 2.35. The van der Waals surface area contributed by atoms with E-state index in [1.807, 2.05) is 0 Å². The minimum atomic E-state index is -0.175. The number of anilines is 1. The lowest BCUT2D eigenvalue weighted by Gasteiger charge is -2.19. The molecule has 1 aliphatic heterocycles. The Morgan fingerprint density at radius 3 is 2.95 bits per heavy atom. The minimum absolute atomic E-state index is 0.0416. The van der Waals surface area contributed by atoms with Crippen molar-refractivity contribution in [2.24, 2.45) is 11.8 Å². The summed E-state index contributed by atoms with van der Waals surface area (Å²) >= 11 is 0. The highest BCUT2D eigenvalue weighted by Gasteiger charge is 2.31. The summed E-state index contributed by atoms with van der Waals surface area (Å²) in [6, 6.07) is 5.30.